The smallest absolute Gasteiger partial charge is 0.00619 e. The van der Waals surface area contributed by atoms with E-state index in [0.717, 1.165) is 23.8 Å². The van der Waals surface area contributed by atoms with Crippen molar-refractivity contribution in [1.82, 2.24) is 5.32 Å². The zero-order valence-corrected chi connectivity index (χ0v) is 10.9. The molecular formula is C13H29N. The second-order valence-corrected chi connectivity index (χ2v) is 5.07. The predicted octanol–water partition coefficient (Wildman–Crippen LogP) is 3.69. The first kappa shape index (κ1) is 14.0. The van der Waals surface area contributed by atoms with Crippen LogP contribution in [0.15, 0.2) is 0 Å². The summed E-state index contributed by atoms with van der Waals surface area (Å²) in [6, 6.07) is 0.718. The molecule has 0 bridgehead atoms. The van der Waals surface area contributed by atoms with E-state index in [2.05, 4.69) is 46.9 Å². The van der Waals surface area contributed by atoms with Crippen LogP contribution >= 0.6 is 0 Å². The van der Waals surface area contributed by atoms with Crippen LogP contribution in [-0.2, 0) is 0 Å². The third kappa shape index (κ3) is 4.99. The number of rotatable bonds is 7. The Labute approximate surface area is 90.7 Å². The van der Waals surface area contributed by atoms with Gasteiger partial charge in [0.05, 0.1) is 0 Å². The van der Waals surface area contributed by atoms with E-state index >= 15 is 0 Å². The van der Waals surface area contributed by atoms with Crippen molar-refractivity contribution in [2.24, 2.45) is 17.8 Å². The lowest BCUT2D eigenvalue weighted by molar-refractivity contribution is 0.262. The van der Waals surface area contributed by atoms with Crippen molar-refractivity contribution in [2.75, 3.05) is 6.54 Å². The van der Waals surface area contributed by atoms with Crippen LogP contribution in [0.25, 0.3) is 0 Å². The molecule has 0 aromatic heterocycles. The SMILES string of the molecule is CCC(CC)NCC(C(C)C)C(C)C. The van der Waals surface area contributed by atoms with Gasteiger partial charge in [-0.15, -0.1) is 0 Å². The molecule has 0 fully saturated rings. The van der Waals surface area contributed by atoms with Gasteiger partial charge in [-0.25, -0.2) is 0 Å². The van der Waals surface area contributed by atoms with E-state index in [1.54, 1.807) is 0 Å². The van der Waals surface area contributed by atoms with Crippen molar-refractivity contribution < 1.29 is 0 Å². The van der Waals surface area contributed by atoms with Crippen LogP contribution in [0.1, 0.15) is 54.4 Å². The molecule has 1 nitrogen and oxygen atoms in total. The monoisotopic (exact) mass is 199 g/mol. The Bertz CT molecular complexity index is 117. The first-order valence-electron chi connectivity index (χ1n) is 6.26. The van der Waals surface area contributed by atoms with Gasteiger partial charge in [-0.05, 0) is 37.1 Å². The van der Waals surface area contributed by atoms with Gasteiger partial charge in [-0.2, -0.15) is 0 Å². The van der Waals surface area contributed by atoms with Gasteiger partial charge in [0.25, 0.3) is 0 Å². The molecule has 0 amide bonds. The van der Waals surface area contributed by atoms with Crippen LogP contribution in [0.5, 0.6) is 0 Å². The molecular weight excluding hydrogens is 170 g/mol. The minimum Gasteiger partial charge on any atom is -0.314 e. The van der Waals surface area contributed by atoms with Gasteiger partial charge in [0.15, 0.2) is 0 Å². The van der Waals surface area contributed by atoms with E-state index in [-0.39, 0.29) is 0 Å². The van der Waals surface area contributed by atoms with Crippen molar-refractivity contribution in [1.29, 1.82) is 0 Å². The van der Waals surface area contributed by atoms with Crippen molar-refractivity contribution in [3.05, 3.63) is 0 Å². The zero-order valence-electron chi connectivity index (χ0n) is 10.9. The summed E-state index contributed by atoms with van der Waals surface area (Å²) >= 11 is 0. The fourth-order valence-corrected chi connectivity index (χ4v) is 2.12. The lowest BCUT2D eigenvalue weighted by Gasteiger charge is -2.27. The zero-order chi connectivity index (χ0) is 11.1. The normalized spacial score (nSPS) is 12.4. The van der Waals surface area contributed by atoms with E-state index in [1.807, 2.05) is 0 Å². The van der Waals surface area contributed by atoms with Gasteiger partial charge >= 0.3 is 0 Å². The molecule has 0 radical (unpaired) electrons. The molecule has 0 heterocycles. The van der Waals surface area contributed by atoms with Crippen LogP contribution in [0.3, 0.4) is 0 Å². The summed E-state index contributed by atoms with van der Waals surface area (Å²) in [4.78, 5) is 0. The summed E-state index contributed by atoms with van der Waals surface area (Å²) in [5, 5.41) is 3.68. The van der Waals surface area contributed by atoms with Crippen molar-refractivity contribution in [2.45, 2.75) is 60.4 Å². The third-order valence-corrected chi connectivity index (χ3v) is 3.34. The molecule has 0 aromatic carbocycles. The molecule has 0 saturated heterocycles. The van der Waals surface area contributed by atoms with Crippen LogP contribution < -0.4 is 5.32 Å². The lowest BCUT2D eigenvalue weighted by atomic mass is 9.85. The van der Waals surface area contributed by atoms with Gasteiger partial charge in [-0.1, -0.05) is 41.5 Å². The second kappa shape index (κ2) is 7.28. The molecule has 0 rings (SSSR count). The van der Waals surface area contributed by atoms with Gasteiger partial charge in [0.2, 0.25) is 0 Å². The highest BCUT2D eigenvalue weighted by atomic mass is 14.9. The molecule has 0 atom stereocenters. The van der Waals surface area contributed by atoms with Crippen LogP contribution in [0.4, 0.5) is 0 Å². The third-order valence-electron chi connectivity index (χ3n) is 3.34. The first-order valence-corrected chi connectivity index (χ1v) is 6.26. The summed E-state index contributed by atoms with van der Waals surface area (Å²) in [5.41, 5.74) is 0. The highest BCUT2D eigenvalue weighted by molar-refractivity contribution is 4.72. The summed E-state index contributed by atoms with van der Waals surface area (Å²) in [7, 11) is 0. The lowest BCUT2D eigenvalue weighted by Crippen LogP contribution is -2.36. The van der Waals surface area contributed by atoms with Gasteiger partial charge in [0.1, 0.15) is 0 Å². The number of hydrogen-bond donors (Lipinski definition) is 1. The molecule has 0 spiro atoms. The maximum absolute atomic E-state index is 3.68. The molecule has 0 unspecified atom stereocenters. The molecule has 0 aliphatic rings. The van der Waals surface area contributed by atoms with E-state index in [1.165, 1.54) is 19.4 Å². The maximum atomic E-state index is 3.68. The quantitative estimate of drug-likeness (QED) is 0.659. The fourth-order valence-electron chi connectivity index (χ4n) is 2.12. The van der Waals surface area contributed by atoms with E-state index in [0.29, 0.717) is 0 Å². The molecule has 1 N–H and O–H groups in total. The summed E-state index contributed by atoms with van der Waals surface area (Å²) in [5.74, 6) is 2.39. The Morgan fingerprint density at radius 2 is 1.29 bits per heavy atom. The highest BCUT2D eigenvalue weighted by Crippen LogP contribution is 2.19. The van der Waals surface area contributed by atoms with E-state index in [4.69, 9.17) is 0 Å². The van der Waals surface area contributed by atoms with E-state index in [9.17, 15) is 0 Å². The molecule has 14 heavy (non-hydrogen) atoms. The Morgan fingerprint density at radius 3 is 1.57 bits per heavy atom. The molecule has 86 valence electrons. The molecule has 0 aromatic rings. The summed E-state index contributed by atoms with van der Waals surface area (Å²) < 4.78 is 0. The Balaban J connectivity index is 3.92. The topological polar surface area (TPSA) is 12.0 Å². The Morgan fingerprint density at radius 1 is 0.857 bits per heavy atom. The summed E-state index contributed by atoms with van der Waals surface area (Å²) in [6.07, 6.45) is 2.50. The predicted molar refractivity (Wildman–Crippen MR) is 65.5 cm³/mol. The number of hydrogen-bond acceptors (Lipinski definition) is 1. The molecule has 0 saturated carbocycles. The Hall–Kier alpha value is -0.0400. The average molecular weight is 199 g/mol. The molecule has 0 aliphatic carbocycles. The highest BCUT2D eigenvalue weighted by Gasteiger charge is 2.17. The van der Waals surface area contributed by atoms with Gasteiger partial charge < -0.3 is 5.32 Å². The van der Waals surface area contributed by atoms with Gasteiger partial charge in [0, 0.05) is 6.04 Å². The molecule has 1 heteroatoms. The fraction of sp³-hybridized carbons (Fsp3) is 1.00. The first-order chi connectivity index (χ1) is 6.52. The average Bonchev–Trinajstić information content (AvgIpc) is 2.11. The summed E-state index contributed by atoms with van der Waals surface area (Å²) in [6.45, 7) is 15.0. The molecule has 0 aliphatic heterocycles. The standard InChI is InChI=1S/C13H29N/c1-7-12(8-2)14-9-13(10(3)4)11(5)6/h10-14H,7-9H2,1-6H3. The maximum Gasteiger partial charge on any atom is 0.00619 e. The van der Waals surface area contributed by atoms with Crippen LogP contribution in [0.2, 0.25) is 0 Å². The minimum atomic E-state index is 0.718. The second-order valence-electron chi connectivity index (χ2n) is 5.07. The number of nitrogens with one attached hydrogen (secondary N) is 1. The Kier molecular flexibility index (Phi) is 7.26. The van der Waals surface area contributed by atoms with Gasteiger partial charge in [-0.3, -0.25) is 0 Å². The van der Waals surface area contributed by atoms with Crippen molar-refractivity contribution in [3.63, 3.8) is 0 Å². The van der Waals surface area contributed by atoms with Crippen molar-refractivity contribution in [3.8, 4) is 0 Å². The van der Waals surface area contributed by atoms with Crippen molar-refractivity contribution >= 4 is 0 Å². The largest absolute Gasteiger partial charge is 0.314 e. The van der Waals surface area contributed by atoms with E-state index < -0.39 is 0 Å². The van der Waals surface area contributed by atoms with Crippen LogP contribution in [-0.4, -0.2) is 12.6 Å². The van der Waals surface area contributed by atoms with Crippen LogP contribution in [0, 0.1) is 17.8 Å². The minimum absolute atomic E-state index is 0.718.